The van der Waals surface area contributed by atoms with E-state index in [2.05, 4.69) is 25.5 Å². The molecule has 0 fully saturated rings. The van der Waals surface area contributed by atoms with Crippen LogP contribution in [0.1, 0.15) is 34.1 Å². The quantitative estimate of drug-likeness (QED) is 0.583. The molecule has 0 heterocycles. The number of ether oxygens (including phenoxy) is 1. The molecule has 0 aliphatic heterocycles. The van der Waals surface area contributed by atoms with Gasteiger partial charge in [-0.25, -0.2) is 0 Å². The molecule has 0 aliphatic carbocycles. The smallest absolute Gasteiger partial charge is 0.113 e. The molecule has 2 unspecified atom stereocenters. The molecule has 0 spiro atoms. The third-order valence-electron chi connectivity index (χ3n) is 2.03. The number of rotatable bonds is 4. The molecule has 0 bridgehead atoms. The Balaban J connectivity index is -0.000000207. The summed E-state index contributed by atoms with van der Waals surface area (Å²) in [5.74, 6) is 0.884. The van der Waals surface area contributed by atoms with E-state index in [0.29, 0.717) is 0 Å². The van der Waals surface area contributed by atoms with Crippen molar-refractivity contribution in [3.8, 4) is 0 Å². The Labute approximate surface area is 105 Å². The van der Waals surface area contributed by atoms with Crippen LogP contribution in [0.15, 0.2) is 0 Å². The Bertz CT molecular complexity index is 137. The Morgan fingerprint density at radius 1 is 1.18 bits per heavy atom. The summed E-state index contributed by atoms with van der Waals surface area (Å²) in [6.07, 6.45) is 0.0301. The summed E-state index contributed by atoms with van der Waals surface area (Å²) in [6.45, 7) is 6.78. The molecular weight excluding hydrogens is 224 g/mol. The van der Waals surface area contributed by atoms with Crippen LogP contribution in [-0.2, 0) is 4.74 Å². The predicted octanol–water partition coefficient (Wildman–Crippen LogP) is 0.398. The largest absolute Gasteiger partial charge is 0.394 e. The van der Waals surface area contributed by atoms with E-state index in [0.717, 1.165) is 5.92 Å². The average molecular weight is 254 g/mol. The lowest BCUT2D eigenvalue weighted by molar-refractivity contribution is -0.108. The molecule has 5 nitrogen and oxygen atoms in total. The van der Waals surface area contributed by atoms with Crippen LogP contribution >= 0.6 is 0 Å². The van der Waals surface area contributed by atoms with Crippen molar-refractivity contribution in [2.45, 2.75) is 45.8 Å². The summed E-state index contributed by atoms with van der Waals surface area (Å²) in [5, 5.41) is 34.3. The zero-order valence-electron chi connectivity index (χ0n) is 12.0. The normalized spacial score (nSPS) is 15.0. The highest BCUT2D eigenvalue weighted by molar-refractivity contribution is 4.79. The van der Waals surface area contributed by atoms with Gasteiger partial charge < -0.3 is 25.2 Å². The van der Waals surface area contributed by atoms with E-state index in [1.165, 1.54) is 13.3 Å². The zero-order chi connectivity index (χ0) is 14.5. The molecule has 0 aromatic heterocycles. The van der Waals surface area contributed by atoms with Gasteiger partial charge in [-0.15, -0.1) is 0 Å². The van der Waals surface area contributed by atoms with Gasteiger partial charge in [0, 0.05) is 14.2 Å². The van der Waals surface area contributed by atoms with Gasteiger partial charge in [-0.05, 0) is 12.8 Å². The first-order valence-corrected chi connectivity index (χ1v) is 5.75. The predicted molar refractivity (Wildman–Crippen MR) is 68.9 cm³/mol. The second kappa shape index (κ2) is 13.9. The standard InChI is InChI=1S/C5H12O4.C5H12.C2H6O/c1-5(9,3-7)4(8)2-6;1-4-5(2)3;1-3-2/h4,6-9H,2-3H2,1H3;5H,4H2,1-3H3;1-2H3. The van der Waals surface area contributed by atoms with E-state index >= 15 is 0 Å². The van der Waals surface area contributed by atoms with Gasteiger partial charge in [-0.3, -0.25) is 0 Å². The van der Waals surface area contributed by atoms with Crippen molar-refractivity contribution in [1.29, 1.82) is 0 Å². The Morgan fingerprint density at radius 2 is 1.47 bits per heavy atom. The van der Waals surface area contributed by atoms with Crippen molar-refractivity contribution in [2.24, 2.45) is 5.92 Å². The second-order valence-electron chi connectivity index (χ2n) is 4.42. The summed E-state index contributed by atoms with van der Waals surface area (Å²) in [6, 6.07) is 0. The van der Waals surface area contributed by atoms with Crippen molar-refractivity contribution in [2.75, 3.05) is 27.4 Å². The minimum Gasteiger partial charge on any atom is -0.394 e. The first kappa shape index (κ1) is 22.0. The number of methoxy groups -OCH3 is 1. The Hall–Kier alpha value is -0.200. The highest BCUT2D eigenvalue weighted by Gasteiger charge is 2.28. The van der Waals surface area contributed by atoms with Gasteiger partial charge in [-0.2, -0.15) is 0 Å². The molecule has 0 amide bonds. The molecular formula is C12H30O5. The maximum Gasteiger partial charge on any atom is 0.113 e. The minimum atomic E-state index is -1.59. The average Bonchev–Trinajstić information content (AvgIpc) is 2.29. The van der Waals surface area contributed by atoms with E-state index in [1.54, 1.807) is 14.2 Å². The third kappa shape index (κ3) is 18.4. The maximum absolute atomic E-state index is 8.93. The van der Waals surface area contributed by atoms with E-state index in [4.69, 9.17) is 20.4 Å². The van der Waals surface area contributed by atoms with Crippen LogP contribution in [-0.4, -0.2) is 59.6 Å². The van der Waals surface area contributed by atoms with Gasteiger partial charge in [0.15, 0.2) is 0 Å². The zero-order valence-corrected chi connectivity index (χ0v) is 12.0. The van der Waals surface area contributed by atoms with Crippen LogP contribution in [0.4, 0.5) is 0 Å². The van der Waals surface area contributed by atoms with Crippen molar-refractivity contribution >= 4 is 0 Å². The van der Waals surface area contributed by atoms with Crippen LogP contribution in [0, 0.1) is 5.92 Å². The lowest BCUT2D eigenvalue weighted by Crippen LogP contribution is -2.44. The fourth-order valence-corrected chi connectivity index (χ4v) is 0.302. The highest BCUT2D eigenvalue weighted by Crippen LogP contribution is 2.06. The number of aliphatic hydroxyl groups excluding tert-OH is 3. The molecule has 2 atom stereocenters. The van der Waals surface area contributed by atoms with Gasteiger partial charge in [0.2, 0.25) is 0 Å². The van der Waals surface area contributed by atoms with E-state index in [-0.39, 0.29) is 0 Å². The molecule has 4 N–H and O–H groups in total. The molecule has 0 rings (SSSR count). The molecule has 0 saturated heterocycles. The fourth-order valence-electron chi connectivity index (χ4n) is 0.302. The fraction of sp³-hybridized carbons (Fsp3) is 1.00. The summed E-state index contributed by atoms with van der Waals surface area (Å²) >= 11 is 0. The van der Waals surface area contributed by atoms with Gasteiger partial charge >= 0.3 is 0 Å². The van der Waals surface area contributed by atoms with Gasteiger partial charge in [0.1, 0.15) is 11.7 Å². The number of hydrogen-bond acceptors (Lipinski definition) is 5. The van der Waals surface area contributed by atoms with Crippen LogP contribution < -0.4 is 0 Å². The third-order valence-corrected chi connectivity index (χ3v) is 2.03. The summed E-state index contributed by atoms with van der Waals surface area (Å²) in [4.78, 5) is 0. The van der Waals surface area contributed by atoms with E-state index in [9.17, 15) is 0 Å². The molecule has 5 heteroatoms. The maximum atomic E-state index is 8.93. The molecule has 17 heavy (non-hydrogen) atoms. The lowest BCUT2D eigenvalue weighted by Gasteiger charge is -2.24. The molecule has 0 aromatic carbocycles. The van der Waals surface area contributed by atoms with Crippen LogP contribution in [0.2, 0.25) is 0 Å². The topological polar surface area (TPSA) is 90.2 Å². The molecule has 108 valence electrons. The molecule has 0 aliphatic rings. The van der Waals surface area contributed by atoms with Crippen molar-refractivity contribution in [3.05, 3.63) is 0 Å². The summed E-state index contributed by atoms with van der Waals surface area (Å²) in [5.41, 5.74) is -1.59. The Kier molecular flexibility index (Phi) is 18.0. The second-order valence-corrected chi connectivity index (χ2v) is 4.42. The van der Waals surface area contributed by atoms with Crippen LogP contribution in [0.3, 0.4) is 0 Å². The van der Waals surface area contributed by atoms with Crippen molar-refractivity contribution in [3.63, 3.8) is 0 Å². The number of aliphatic hydroxyl groups is 4. The molecule has 0 saturated carbocycles. The Morgan fingerprint density at radius 3 is 1.53 bits per heavy atom. The van der Waals surface area contributed by atoms with Crippen molar-refractivity contribution < 1.29 is 25.2 Å². The monoisotopic (exact) mass is 254 g/mol. The van der Waals surface area contributed by atoms with E-state index in [1.807, 2.05) is 0 Å². The summed E-state index contributed by atoms with van der Waals surface area (Å²) < 4.78 is 4.25. The minimum absolute atomic E-state index is 0.548. The summed E-state index contributed by atoms with van der Waals surface area (Å²) in [7, 11) is 3.25. The van der Waals surface area contributed by atoms with Crippen LogP contribution in [0.25, 0.3) is 0 Å². The SMILES string of the molecule is CC(O)(CO)C(O)CO.CCC(C)C.COC. The van der Waals surface area contributed by atoms with Gasteiger partial charge in [0.05, 0.1) is 13.2 Å². The van der Waals surface area contributed by atoms with E-state index < -0.39 is 24.9 Å². The molecule has 0 radical (unpaired) electrons. The number of hydrogen-bond donors (Lipinski definition) is 4. The molecule has 0 aromatic rings. The van der Waals surface area contributed by atoms with Gasteiger partial charge in [-0.1, -0.05) is 27.2 Å². The first-order chi connectivity index (χ1) is 7.73. The van der Waals surface area contributed by atoms with Crippen molar-refractivity contribution in [1.82, 2.24) is 0 Å². The first-order valence-electron chi connectivity index (χ1n) is 5.75. The lowest BCUT2D eigenvalue weighted by atomic mass is 10.0. The van der Waals surface area contributed by atoms with Gasteiger partial charge in [0.25, 0.3) is 0 Å². The highest BCUT2D eigenvalue weighted by atomic mass is 16.4. The van der Waals surface area contributed by atoms with Crippen LogP contribution in [0.5, 0.6) is 0 Å².